The van der Waals surface area contributed by atoms with Crippen LogP contribution >= 0.6 is 39.1 Å². The summed E-state index contributed by atoms with van der Waals surface area (Å²) in [6, 6.07) is 5.02. The van der Waals surface area contributed by atoms with Crippen molar-refractivity contribution >= 4 is 44.9 Å². The zero-order chi connectivity index (χ0) is 12.0. The monoisotopic (exact) mass is 322 g/mol. The molecule has 0 heterocycles. The van der Waals surface area contributed by atoms with Gasteiger partial charge in [0.2, 0.25) is 0 Å². The number of hydrogen-bond acceptors (Lipinski definition) is 1. The van der Waals surface area contributed by atoms with Crippen LogP contribution in [-0.2, 0) is 0 Å². The summed E-state index contributed by atoms with van der Waals surface area (Å²) in [5.74, 6) is 0.133. The molecular weight excluding hydrogens is 311 g/mol. The highest BCUT2D eigenvalue weighted by Crippen LogP contribution is 2.23. The van der Waals surface area contributed by atoms with Gasteiger partial charge in [0.1, 0.15) is 0 Å². The molecular formula is C12H13BrCl2O. The summed E-state index contributed by atoms with van der Waals surface area (Å²) in [5, 5.41) is 1.92. The summed E-state index contributed by atoms with van der Waals surface area (Å²) < 4.78 is 0. The maximum Gasteiger partial charge on any atom is 0.162 e. The zero-order valence-corrected chi connectivity index (χ0v) is 11.9. The van der Waals surface area contributed by atoms with Crippen molar-refractivity contribution in [1.29, 1.82) is 0 Å². The standard InChI is InChI=1S/C12H13BrCl2O/c13-7-3-1-2-4-12(16)9-5-6-10(14)11(15)8-9/h5-6,8H,1-4,7H2. The Morgan fingerprint density at radius 2 is 1.88 bits per heavy atom. The summed E-state index contributed by atoms with van der Waals surface area (Å²) in [4.78, 5) is 11.8. The van der Waals surface area contributed by atoms with Crippen LogP contribution in [0.15, 0.2) is 18.2 Å². The molecule has 0 aliphatic rings. The molecule has 0 aliphatic carbocycles. The Kier molecular flexibility index (Phi) is 6.40. The van der Waals surface area contributed by atoms with Crippen molar-refractivity contribution < 1.29 is 4.79 Å². The normalized spacial score (nSPS) is 10.4. The SMILES string of the molecule is O=C(CCCCCBr)c1ccc(Cl)c(Cl)c1. The van der Waals surface area contributed by atoms with Crippen LogP contribution in [0.2, 0.25) is 10.0 Å². The van der Waals surface area contributed by atoms with Crippen molar-refractivity contribution in [1.82, 2.24) is 0 Å². The molecule has 1 aromatic carbocycles. The molecule has 1 rings (SSSR count). The highest BCUT2D eigenvalue weighted by Gasteiger charge is 2.07. The van der Waals surface area contributed by atoms with Crippen molar-refractivity contribution in [3.05, 3.63) is 33.8 Å². The Balaban J connectivity index is 2.50. The lowest BCUT2D eigenvalue weighted by Gasteiger charge is -2.02. The van der Waals surface area contributed by atoms with E-state index < -0.39 is 0 Å². The van der Waals surface area contributed by atoms with E-state index in [1.54, 1.807) is 18.2 Å². The number of benzene rings is 1. The van der Waals surface area contributed by atoms with Crippen LogP contribution in [0, 0.1) is 0 Å². The maximum atomic E-state index is 11.8. The molecule has 0 fully saturated rings. The number of ketones is 1. The quantitative estimate of drug-likeness (QED) is 0.403. The second-order valence-corrected chi connectivity index (χ2v) is 5.16. The highest BCUT2D eigenvalue weighted by molar-refractivity contribution is 9.09. The largest absolute Gasteiger partial charge is 0.294 e. The third kappa shape index (κ3) is 4.44. The summed E-state index contributed by atoms with van der Waals surface area (Å²) in [7, 11) is 0. The van der Waals surface area contributed by atoms with Gasteiger partial charge in [0.15, 0.2) is 5.78 Å². The number of carbonyl (C=O) groups excluding carboxylic acids is 1. The molecule has 4 heteroatoms. The van der Waals surface area contributed by atoms with Crippen molar-refractivity contribution in [2.24, 2.45) is 0 Å². The van der Waals surface area contributed by atoms with Crippen LogP contribution < -0.4 is 0 Å². The molecule has 1 aromatic rings. The van der Waals surface area contributed by atoms with Crippen molar-refractivity contribution in [3.8, 4) is 0 Å². The topological polar surface area (TPSA) is 17.1 Å². The molecule has 88 valence electrons. The molecule has 0 aliphatic heterocycles. The summed E-state index contributed by atoms with van der Waals surface area (Å²) in [5.41, 5.74) is 0.647. The van der Waals surface area contributed by atoms with Crippen LogP contribution in [0.4, 0.5) is 0 Å². The van der Waals surface area contributed by atoms with Crippen LogP contribution in [0.3, 0.4) is 0 Å². The van der Waals surface area contributed by atoms with E-state index in [2.05, 4.69) is 15.9 Å². The van der Waals surface area contributed by atoms with E-state index >= 15 is 0 Å². The molecule has 16 heavy (non-hydrogen) atoms. The van der Waals surface area contributed by atoms with Gasteiger partial charge >= 0.3 is 0 Å². The van der Waals surface area contributed by atoms with Gasteiger partial charge in [0.25, 0.3) is 0 Å². The minimum atomic E-state index is 0.133. The second kappa shape index (κ2) is 7.31. The lowest BCUT2D eigenvalue weighted by atomic mass is 10.1. The minimum Gasteiger partial charge on any atom is -0.294 e. The van der Waals surface area contributed by atoms with Gasteiger partial charge in [-0.2, -0.15) is 0 Å². The van der Waals surface area contributed by atoms with E-state index in [-0.39, 0.29) is 5.78 Å². The Morgan fingerprint density at radius 1 is 1.12 bits per heavy atom. The van der Waals surface area contributed by atoms with Gasteiger partial charge in [-0.05, 0) is 31.0 Å². The lowest BCUT2D eigenvalue weighted by molar-refractivity contribution is 0.0979. The van der Waals surface area contributed by atoms with Crippen LogP contribution in [0.25, 0.3) is 0 Å². The third-order valence-corrected chi connectivity index (χ3v) is 3.58. The average molecular weight is 324 g/mol. The molecule has 0 unspecified atom stereocenters. The van der Waals surface area contributed by atoms with Crippen LogP contribution in [-0.4, -0.2) is 11.1 Å². The highest BCUT2D eigenvalue weighted by atomic mass is 79.9. The fraction of sp³-hybridized carbons (Fsp3) is 0.417. The van der Waals surface area contributed by atoms with E-state index in [4.69, 9.17) is 23.2 Å². The number of unbranched alkanes of at least 4 members (excludes halogenated alkanes) is 2. The molecule has 0 bridgehead atoms. The van der Waals surface area contributed by atoms with Gasteiger partial charge in [0, 0.05) is 17.3 Å². The second-order valence-electron chi connectivity index (χ2n) is 3.55. The molecule has 0 radical (unpaired) electrons. The maximum absolute atomic E-state index is 11.8. The van der Waals surface area contributed by atoms with Crippen LogP contribution in [0.5, 0.6) is 0 Å². The fourth-order valence-electron chi connectivity index (χ4n) is 1.37. The first-order chi connectivity index (χ1) is 7.65. The van der Waals surface area contributed by atoms with Crippen molar-refractivity contribution in [2.45, 2.75) is 25.7 Å². The summed E-state index contributed by atoms with van der Waals surface area (Å²) in [6.07, 6.45) is 3.67. The Bertz CT molecular complexity index is 366. The van der Waals surface area contributed by atoms with E-state index in [0.717, 1.165) is 24.6 Å². The Labute approximate surface area is 114 Å². The third-order valence-electron chi connectivity index (χ3n) is 2.28. The first-order valence-corrected chi connectivity index (χ1v) is 7.07. The van der Waals surface area contributed by atoms with E-state index in [0.29, 0.717) is 22.0 Å². The molecule has 0 amide bonds. The number of Topliss-reactive ketones (excluding diaryl/α,β-unsaturated/α-hetero) is 1. The number of halogens is 3. The first kappa shape index (κ1) is 14.0. The summed E-state index contributed by atoms with van der Waals surface area (Å²) >= 11 is 15.0. The molecule has 0 saturated carbocycles. The molecule has 0 aromatic heterocycles. The molecule has 0 spiro atoms. The Morgan fingerprint density at radius 3 is 2.50 bits per heavy atom. The van der Waals surface area contributed by atoms with Gasteiger partial charge < -0.3 is 0 Å². The van der Waals surface area contributed by atoms with Gasteiger partial charge in [-0.25, -0.2) is 0 Å². The smallest absolute Gasteiger partial charge is 0.162 e. The molecule has 0 saturated heterocycles. The van der Waals surface area contributed by atoms with Gasteiger partial charge in [-0.1, -0.05) is 45.6 Å². The minimum absolute atomic E-state index is 0.133. The van der Waals surface area contributed by atoms with Gasteiger partial charge in [0.05, 0.1) is 10.0 Å². The van der Waals surface area contributed by atoms with E-state index in [1.807, 2.05) is 0 Å². The van der Waals surface area contributed by atoms with Gasteiger partial charge in [-0.15, -0.1) is 0 Å². The van der Waals surface area contributed by atoms with Gasteiger partial charge in [-0.3, -0.25) is 4.79 Å². The van der Waals surface area contributed by atoms with Crippen molar-refractivity contribution in [2.75, 3.05) is 5.33 Å². The average Bonchev–Trinajstić information content (AvgIpc) is 2.28. The molecule has 0 N–H and O–H groups in total. The number of alkyl halides is 1. The fourth-order valence-corrected chi connectivity index (χ4v) is 2.07. The zero-order valence-electron chi connectivity index (χ0n) is 8.81. The number of carbonyl (C=O) groups is 1. The molecule has 0 atom stereocenters. The van der Waals surface area contributed by atoms with E-state index in [9.17, 15) is 4.79 Å². The predicted molar refractivity (Wildman–Crippen MR) is 73.1 cm³/mol. The lowest BCUT2D eigenvalue weighted by Crippen LogP contribution is -1.98. The Hall–Kier alpha value is -0.0500. The van der Waals surface area contributed by atoms with Crippen molar-refractivity contribution in [3.63, 3.8) is 0 Å². The van der Waals surface area contributed by atoms with E-state index in [1.165, 1.54) is 0 Å². The number of rotatable bonds is 6. The number of hydrogen-bond donors (Lipinski definition) is 0. The predicted octanol–water partition coefficient (Wildman–Crippen LogP) is 5.13. The molecule has 1 nitrogen and oxygen atoms in total. The first-order valence-electron chi connectivity index (χ1n) is 5.19. The summed E-state index contributed by atoms with van der Waals surface area (Å²) in [6.45, 7) is 0. The van der Waals surface area contributed by atoms with Crippen LogP contribution in [0.1, 0.15) is 36.0 Å².